The van der Waals surface area contributed by atoms with Crippen LogP contribution >= 0.6 is 11.3 Å². The topological polar surface area (TPSA) is 86.8 Å². The first kappa shape index (κ1) is 18.8. The maximum absolute atomic E-state index is 14.1. The van der Waals surface area contributed by atoms with Crippen molar-refractivity contribution in [3.8, 4) is 21.1 Å². The smallest absolute Gasteiger partial charge is 0.274 e. The first-order valence-corrected chi connectivity index (χ1v) is 10.5. The molecule has 152 valence electrons. The molecule has 2 N–H and O–H groups in total. The molecule has 0 bridgehead atoms. The molecule has 9 heteroatoms. The van der Waals surface area contributed by atoms with E-state index >= 15 is 0 Å². The predicted octanol–water partition coefficient (Wildman–Crippen LogP) is 3.24. The van der Waals surface area contributed by atoms with Crippen LogP contribution < -0.4 is 5.32 Å². The molecule has 0 aliphatic carbocycles. The summed E-state index contributed by atoms with van der Waals surface area (Å²) >= 11 is 1.38. The van der Waals surface area contributed by atoms with Gasteiger partial charge in [0.25, 0.3) is 5.91 Å². The number of nitrogens with one attached hydrogen (secondary N) is 2. The van der Waals surface area contributed by atoms with Gasteiger partial charge in [0, 0.05) is 49.5 Å². The molecule has 5 rings (SSSR count). The highest BCUT2D eigenvalue weighted by Gasteiger charge is 2.27. The lowest BCUT2D eigenvalue weighted by Gasteiger charge is -2.27. The molecule has 1 aromatic carbocycles. The monoisotopic (exact) mass is 422 g/mol. The number of halogens is 1. The zero-order chi connectivity index (χ0) is 20.7. The molecule has 1 saturated heterocycles. The number of amides is 1. The molecule has 4 aromatic rings. The Kier molecular flexibility index (Phi) is 4.76. The highest BCUT2D eigenvalue weighted by Crippen LogP contribution is 2.38. The van der Waals surface area contributed by atoms with Crippen LogP contribution in [0, 0.1) is 12.7 Å². The second kappa shape index (κ2) is 7.58. The van der Waals surface area contributed by atoms with Crippen LogP contribution in [0.3, 0.4) is 0 Å². The Morgan fingerprint density at radius 1 is 1.27 bits per heavy atom. The van der Waals surface area contributed by atoms with Gasteiger partial charge >= 0.3 is 0 Å². The van der Waals surface area contributed by atoms with Crippen molar-refractivity contribution in [3.05, 3.63) is 53.7 Å². The summed E-state index contributed by atoms with van der Waals surface area (Å²) in [7, 11) is 0. The van der Waals surface area contributed by atoms with Crippen molar-refractivity contribution in [1.29, 1.82) is 0 Å². The molecule has 3 aromatic heterocycles. The van der Waals surface area contributed by atoms with Gasteiger partial charge in [-0.25, -0.2) is 9.37 Å². The Morgan fingerprint density at radius 2 is 2.10 bits per heavy atom. The second-order valence-electron chi connectivity index (χ2n) is 7.20. The van der Waals surface area contributed by atoms with Crippen LogP contribution in [0.1, 0.15) is 16.1 Å². The van der Waals surface area contributed by atoms with Gasteiger partial charge in [-0.1, -0.05) is 6.07 Å². The molecular formula is C21H19FN6OS. The van der Waals surface area contributed by atoms with E-state index in [1.165, 1.54) is 23.5 Å². The number of aryl methyl sites for hydroxylation is 1. The zero-order valence-electron chi connectivity index (χ0n) is 16.3. The normalized spacial score (nSPS) is 14.4. The third kappa shape index (κ3) is 3.25. The van der Waals surface area contributed by atoms with Crippen LogP contribution in [0.15, 0.2) is 36.7 Å². The van der Waals surface area contributed by atoms with Crippen LogP contribution in [0.25, 0.3) is 32.0 Å². The van der Waals surface area contributed by atoms with E-state index < -0.39 is 0 Å². The van der Waals surface area contributed by atoms with Gasteiger partial charge in [-0.2, -0.15) is 5.10 Å². The van der Waals surface area contributed by atoms with E-state index in [2.05, 4.69) is 20.5 Å². The largest absolute Gasteiger partial charge is 0.335 e. The molecule has 1 fully saturated rings. The van der Waals surface area contributed by atoms with E-state index in [4.69, 9.17) is 4.98 Å². The summed E-state index contributed by atoms with van der Waals surface area (Å²) in [6.07, 6.45) is 3.41. The number of hydrogen-bond acceptors (Lipinski definition) is 6. The fourth-order valence-electron chi connectivity index (χ4n) is 3.69. The van der Waals surface area contributed by atoms with Gasteiger partial charge in [-0.15, -0.1) is 11.3 Å². The summed E-state index contributed by atoms with van der Waals surface area (Å²) in [5, 5.41) is 11.8. The van der Waals surface area contributed by atoms with Gasteiger partial charge in [0.1, 0.15) is 22.2 Å². The average molecular weight is 422 g/mol. The number of pyridine rings is 1. The molecule has 0 atom stereocenters. The second-order valence-corrected chi connectivity index (χ2v) is 8.20. The van der Waals surface area contributed by atoms with Crippen molar-refractivity contribution in [2.45, 2.75) is 6.92 Å². The maximum atomic E-state index is 14.1. The van der Waals surface area contributed by atoms with Gasteiger partial charge in [0.15, 0.2) is 0 Å². The Morgan fingerprint density at radius 3 is 2.87 bits per heavy atom. The number of H-pyrrole nitrogens is 1. The van der Waals surface area contributed by atoms with E-state index in [1.54, 1.807) is 12.4 Å². The van der Waals surface area contributed by atoms with Crippen molar-refractivity contribution in [3.63, 3.8) is 0 Å². The standard InChI is InChI=1S/C21H19FN6OS/c1-12-9-14(22)10-15-16(12)26-27-17(15)20-25-18(21(29)28-7-5-23-6-8-28)19(30-20)13-3-2-4-24-11-13/h2-4,9-11,23H,5-8H2,1H3,(H,26,27). The summed E-state index contributed by atoms with van der Waals surface area (Å²) in [5.74, 6) is -0.437. The van der Waals surface area contributed by atoms with Gasteiger partial charge in [-0.05, 0) is 30.7 Å². The predicted molar refractivity (Wildman–Crippen MR) is 114 cm³/mol. The lowest BCUT2D eigenvalue weighted by atomic mass is 10.1. The quantitative estimate of drug-likeness (QED) is 0.529. The first-order chi connectivity index (χ1) is 14.6. The number of fused-ring (bicyclic) bond motifs is 1. The number of piperazine rings is 1. The minimum atomic E-state index is -0.330. The number of benzene rings is 1. The molecule has 0 unspecified atom stereocenters. The van der Waals surface area contributed by atoms with Crippen molar-refractivity contribution < 1.29 is 9.18 Å². The number of nitrogens with zero attached hydrogens (tertiary/aromatic N) is 4. The average Bonchev–Trinajstić information content (AvgIpc) is 3.39. The number of hydrogen-bond donors (Lipinski definition) is 2. The molecule has 1 aliphatic heterocycles. The molecule has 0 radical (unpaired) electrons. The number of aromatic nitrogens is 4. The van der Waals surface area contributed by atoms with Crippen molar-refractivity contribution in [2.24, 2.45) is 0 Å². The Hall–Kier alpha value is -3.17. The van der Waals surface area contributed by atoms with Crippen molar-refractivity contribution >= 4 is 28.1 Å². The van der Waals surface area contributed by atoms with E-state index in [0.29, 0.717) is 40.4 Å². The van der Waals surface area contributed by atoms with E-state index in [1.807, 2.05) is 24.0 Å². The number of thiazole rings is 1. The van der Waals surface area contributed by atoms with Gasteiger partial charge in [0.2, 0.25) is 0 Å². The molecule has 30 heavy (non-hydrogen) atoms. The van der Waals surface area contributed by atoms with Crippen LogP contribution in [0.4, 0.5) is 4.39 Å². The summed E-state index contributed by atoms with van der Waals surface area (Å²) in [6.45, 7) is 4.60. The third-order valence-electron chi connectivity index (χ3n) is 5.19. The molecule has 0 spiro atoms. The minimum absolute atomic E-state index is 0.107. The zero-order valence-corrected chi connectivity index (χ0v) is 17.1. The fraction of sp³-hybridized carbons (Fsp3) is 0.238. The lowest BCUT2D eigenvalue weighted by Crippen LogP contribution is -2.46. The first-order valence-electron chi connectivity index (χ1n) is 9.67. The van der Waals surface area contributed by atoms with E-state index in [0.717, 1.165) is 29.1 Å². The number of aromatic amines is 1. The molecule has 7 nitrogen and oxygen atoms in total. The summed E-state index contributed by atoms with van der Waals surface area (Å²) in [4.78, 5) is 24.7. The molecule has 0 saturated carbocycles. The Bertz CT molecular complexity index is 1230. The summed E-state index contributed by atoms with van der Waals surface area (Å²) in [6, 6.07) is 6.64. The molecule has 4 heterocycles. The van der Waals surface area contributed by atoms with Crippen LogP contribution in [0.2, 0.25) is 0 Å². The summed E-state index contributed by atoms with van der Waals surface area (Å²) < 4.78 is 14.1. The Balaban J connectivity index is 1.66. The maximum Gasteiger partial charge on any atom is 0.274 e. The minimum Gasteiger partial charge on any atom is -0.335 e. The number of carbonyl (C=O) groups excluding carboxylic acids is 1. The third-order valence-corrected chi connectivity index (χ3v) is 6.31. The van der Waals surface area contributed by atoms with Gasteiger partial charge in [0.05, 0.1) is 10.4 Å². The molecular weight excluding hydrogens is 403 g/mol. The van der Waals surface area contributed by atoms with Crippen LogP contribution in [0.5, 0.6) is 0 Å². The van der Waals surface area contributed by atoms with Crippen molar-refractivity contribution in [1.82, 2.24) is 30.4 Å². The molecule has 1 aliphatic rings. The Labute approximate surface area is 176 Å². The highest BCUT2D eigenvalue weighted by molar-refractivity contribution is 7.18. The lowest BCUT2D eigenvalue weighted by molar-refractivity contribution is 0.0731. The highest BCUT2D eigenvalue weighted by atomic mass is 32.1. The fourth-order valence-corrected chi connectivity index (χ4v) is 4.75. The van der Waals surface area contributed by atoms with Crippen molar-refractivity contribution in [2.75, 3.05) is 26.2 Å². The van der Waals surface area contributed by atoms with Gasteiger partial charge in [-0.3, -0.25) is 14.9 Å². The van der Waals surface area contributed by atoms with E-state index in [9.17, 15) is 9.18 Å². The van der Waals surface area contributed by atoms with Gasteiger partial charge < -0.3 is 10.2 Å². The van der Waals surface area contributed by atoms with Crippen LogP contribution in [-0.4, -0.2) is 57.2 Å². The number of carbonyl (C=O) groups is 1. The number of rotatable bonds is 3. The summed E-state index contributed by atoms with van der Waals surface area (Å²) in [5.41, 5.74) is 3.27. The van der Waals surface area contributed by atoms with Crippen LogP contribution in [-0.2, 0) is 0 Å². The van der Waals surface area contributed by atoms with E-state index in [-0.39, 0.29) is 11.7 Å². The SMILES string of the molecule is Cc1cc(F)cc2c(-c3nc(C(=O)N4CCNCC4)c(-c4cccnc4)s3)[nH]nc12. The molecule has 1 amide bonds.